The van der Waals surface area contributed by atoms with E-state index in [1.807, 2.05) is 30.3 Å². The predicted octanol–water partition coefficient (Wildman–Crippen LogP) is 0.901. The van der Waals surface area contributed by atoms with Crippen LogP contribution in [0.3, 0.4) is 0 Å². The first kappa shape index (κ1) is 16.0. The molecule has 1 aromatic carbocycles. The lowest BCUT2D eigenvalue weighted by atomic mass is 10.1. The van der Waals surface area contributed by atoms with Crippen LogP contribution in [0, 0.1) is 12.8 Å². The molecule has 0 saturated carbocycles. The summed E-state index contributed by atoms with van der Waals surface area (Å²) in [6.45, 7) is 2.16. The first-order valence-corrected chi connectivity index (χ1v) is 7.79. The maximum absolute atomic E-state index is 12.7. The molecule has 1 aliphatic heterocycles. The topological polar surface area (TPSA) is 76.3 Å². The average Bonchev–Trinajstić information content (AvgIpc) is 3.01. The molecular weight excluding hydrogens is 308 g/mol. The van der Waals surface area contributed by atoms with Crippen molar-refractivity contribution >= 4 is 17.5 Å². The zero-order valence-electron chi connectivity index (χ0n) is 13.9. The molecule has 1 fully saturated rings. The summed E-state index contributed by atoms with van der Waals surface area (Å²) in [5.41, 5.74) is 1.36. The van der Waals surface area contributed by atoms with E-state index in [4.69, 9.17) is 0 Å². The smallest absolute Gasteiger partial charge is 0.295 e. The van der Waals surface area contributed by atoms with Gasteiger partial charge < -0.3 is 10.2 Å². The number of carbonyl (C=O) groups excluding carboxylic acids is 2. The van der Waals surface area contributed by atoms with E-state index in [-0.39, 0.29) is 29.5 Å². The summed E-state index contributed by atoms with van der Waals surface area (Å²) >= 11 is 0. The van der Waals surface area contributed by atoms with Crippen molar-refractivity contribution in [2.75, 3.05) is 18.9 Å². The summed E-state index contributed by atoms with van der Waals surface area (Å²) in [4.78, 5) is 38.3. The SMILES string of the molecule is Cc1c(NC(=O)[C@H]2CC(=O)N(C)C2)c(=O)n(-c2ccccc2)n1C. The van der Waals surface area contributed by atoms with Crippen LogP contribution in [0.5, 0.6) is 0 Å². The number of para-hydroxylation sites is 1. The Morgan fingerprint density at radius 3 is 2.42 bits per heavy atom. The Morgan fingerprint density at radius 2 is 1.83 bits per heavy atom. The fourth-order valence-electron chi connectivity index (χ4n) is 2.98. The van der Waals surface area contributed by atoms with E-state index >= 15 is 0 Å². The number of rotatable bonds is 3. The number of hydrogen-bond donors (Lipinski definition) is 1. The van der Waals surface area contributed by atoms with E-state index in [0.717, 1.165) is 5.69 Å². The molecule has 126 valence electrons. The highest BCUT2D eigenvalue weighted by molar-refractivity contribution is 5.97. The lowest BCUT2D eigenvalue weighted by molar-refractivity contribution is -0.127. The van der Waals surface area contributed by atoms with Crippen molar-refractivity contribution in [2.45, 2.75) is 13.3 Å². The summed E-state index contributed by atoms with van der Waals surface area (Å²) < 4.78 is 3.22. The fourth-order valence-corrected chi connectivity index (χ4v) is 2.98. The van der Waals surface area contributed by atoms with Crippen molar-refractivity contribution in [3.05, 3.63) is 46.4 Å². The van der Waals surface area contributed by atoms with Gasteiger partial charge in [0.1, 0.15) is 5.69 Å². The van der Waals surface area contributed by atoms with Gasteiger partial charge in [0.2, 0.25) is 11.8 Å². The molecule has 1 atom stereocenters. The predicted molar refractivity (Wildman–Crippen MR) is 90.1 cm³/mol. The van der Waals surface area contributed by atoms with Crippen LogP contribution in [0.15, 0.2) is 35.1 Å². The lowest BCUT2D eigenvalue weighted by Gasteiger charge is -2.10. The van der Waals surface area contributed by atoms with Crippen molar-refractivity contribution in [1.29, 1.82) is 0 Å². The molecule has 1 N–H and O–H groups in total. The van der Waals surface area contributed by atoms with Gasteiger partial charge in [0.15, 0.2) is 0 Å². The first-order valence-electron chi connectivity index (χ1n) is 7.79. The molecule has 3 rings (SSSR count). The third-order valence-electron chi connectivity index (χ3n) is 4.51. The molecule has 7 heteroatoms. The van der Waals surface area contributed by atoms with Crippen LogP contribution in [0.4, 0.5) is 5.69 Å². The third-order valence-corrected chi connectivity index (χ3v) is 4.51. The molecule has 2 amide bonds. The van der Waals surface area contributed by atoms with Gasteiger partial charge in [-0.2, -0.15) is 0 Å². The third kappa shape index (κ3) is 2.62. The van der Waals surface area contributed by atoms with Crippen molar-refractivity contribution in [1.82, 2.24) is 14.3 Å². The summed E-state index contributed by atoms with van der Waals surface area (Å²) in [5, 5.41) is 2.72. The molecule has 1 aromatic heterocycles. The number of carbonyl (C=O) groups is 2. The van der Waals surface area contributed by atoms with Gasteiger partial charge in [-0.3, -0.25) is 19.1 Å². The van der Waals surface area contributed by atoms with Gasteiger partial charge in [-0.25, -0.2) is 4.68 Å². The fraction of sp³-hybridized carbons (Fsp3) is 0.353. The normalized spacial score (nSPS) is 17.4. The molecule has 2 heterocycles. The van der Waals surface area contributed by atoms with Gasteiger partial charge in [-0.1, -0.05) is 18.2 Å². The van der Waals surface area contributed by atoms with Crippen LogP contribution < -0.4 is 10.9 Å². The van der Waals surface area contributed by atoms with Crippen LogP contribution in [0.25, 0.3) is 5.69 Å². The summed E-state index contributed by atoms with van der Waals surface area (Å²) in [6.07, 6.45) is 0.182. The number of amides is 2. The van der Waals surface area contributed by atoms with Crippen molar-refractivity contribution in [3.63, 3.8) is 0 Å². The summed E-state index contributed by atoms with van der Waals surface area (Å²) in [6, 6.07) is 9.24. The maximum atomic E-state index is 12.7. The molecular formula is C17H20N4O3. The zero-order valence-corrected chi connectivity index (χ0v) is 13.9. The Morgan fingerprint density at radius 1 is 1.17 bits per heavy atom. The molecule has 0 bridgehead atoms. The Bertz CT molecular complexity index is 851. The second-order valence-electron chi connectivity index (χ2n) is 6.10. The van der Waals surface area contributed by atoms with E-state index in [1.165, 1.54) is 9.58 Å². The van der Waals surface area contributed by atoms with Crippen LogP contribution in [-0.4, -0.2) is 39.7 Å². The van der Waals surface area contributed by atoms with Crippen LogP contribution >= 0.6 is 0 Å². The number of nitrogens with one attached hydrogen (secondary N) is 1. The molecule has 1 aliphatic rings. The summed E-state index contributed by atoms with van der Waals surface area (Å²) in [5.74, 6) is -0.771. The van der Waals surface area contributed by atoms with Crippen molar-refractivity contribution in [3.8, 4) is 5.69 Å². The van der Waals surface area contributed by atoms with Gasteiger partial charge in [0.25, 0.3) is 5.56 Å². The van der Waals surface area contributed by atoms with Crippen molar-refractivity contribution < 1.29 is 9.59 Å². The molecule has 0 aliphatic carbocycles. The average molecular weight is 328 g/mol. The monoisotopic (exact) mass is 328 g/mol. The minimum atomic E-state index is -0.424. The minimum absolute atomic E-state index is 0.0540. The Labute approximate surface area is 139 Å². The number of aromatic nitrogens is 2. The minimum Gasteiger partial charge on any atom is -0.345 e. The van der Waals surface area contributed by atoms with E-state index in [2.05, 4.69) is 5.32 Å². The molecule has 0 spiro atoms. The van der Waals surface area contributed by atoms with E-state index in [1.54, 1.807) is 25.7 Å². The highest BCUT2D eigenvalue weighted by Crippen LogP contribution is 2.19. The lowest BCUT2D eigenvalue weighted by Crippen LogP contribution is -2.28. The standard InChI is InChI=1S/C17H20N4O3/c1-11-15(18-16(23)12-9-14(22)19(2)10-12)17(24)21(20(11)3)13-7-5-4-6-8-13/h4-8,12H,9-10H2,1-3H3,(H,18,23)/t12-/m0/s1. The number of benzene rings is 1. The highest BCUT2D eigenvalue weighted by Gasteiger charge is 2.33. The van der Waals surface area contributed by atoms with Gasteiger partial charge in [-0.05, 0) is 19.1 Å². The number of hydrogen-bond acceptors (Lipinski definition) is 3. The summed E-state index contributed by atoms with van der Waals surface area (Å²) in [7, 11) is 3.44. The Kier molecular flexibility index (Phi) is 4.01. The molecule has 24 heavy (non-hydrogen) atoms. The van der Waals surface area contributed by atoms with Crippen molar-refractivity contribution in [2.24, 2.45) is 13.0 Å². The van der Waals surface area contributed by atoms with E-state index < -0.39 is 5.92 Å². The number of likely N-dealkylation sites (tertiary alicyclic amines) is 1. The molecule has 0 radical (unpaired) electrons. The number of nitrogens with zero attached hydrogens (tertiary/aromatic N) is 3. The first-order chi connectivity index (χ1) is 11.4. The largest absolute Gasteiger partial charge is 0.345 e. The van der Waals surface area contributed by atoms with E-state index in [0.29, 0.717) is 12.2 Å². The van der Waals surface area contributed by atoms with Crippen LogP contribution in [0.2, 0.25) is 0 Å². The second-order valence-corrected chi connectivity index (χ2v) is 6.10. The molecule has 1 saturated heterocycles. The maximum Gasteiger partial charge on any atom is 0.295 e. The Hall–Kier alpha value is -2.83. The molecule has 2 aromatic rings. The second kappa shape index (κ2) is 5.99. The molecule has 7 nitrogen and oxygen atoms in total. The van der Waals surface area contributed by atoms with Gasteiger partial charge in [0, 0.05) is 27.1 Å². The Balaban J connectivity index is 1.91. The van der Waals surface area contributed by atoms with Crippen LogP contribution in [-0.2, 0) is 16.6 Å². The van der Waals surface area contributed by atoms with Gasteiger partial charge in [0.05, 0.1) is 17.3 Å². The number of anilines is 1. The highest BCUT2D eigenvalue weighted by atomic mass is 16.2. The quantitative estimate of drug-likeness (QED) is 0.909. The molecule has 0 unspecified atom stereocenters. The van der Waals surface area contributed by atoms with Gasteiger partial charge >= 0.3 is 0 Å². The van der Waals surface area contributed by atoms with Gasteiger partial charge in [-0.15, -0.1) is 0 Å². The zero-order chi connectivity index (χ0) is 17.4. The van der Waals surface area contributed by atoms with E-state index in [9.17, 15) is 14.4 Å². The van der Waals surface area contributed by atoms with Crippen LogP contribution in [0.1, 0.15) is 12.1 Å².